The molecule has 1 aliphatic heterocycles. The third-order valence-corrected chi connectivity index (χ3v) is 7.05. The first-order valence-electron chi connectivity index (χ1n) is 11.0. The van der Waals surface area contributed by atoms with Gasteiger partial charge in [-0.3, -0.25) is 14.7 Å². The van der Waals surface area contributed by atoms with Crippen LogP contribution in [0.4, 0.5) is 5.82 Å². The number of aryl methyl sites for hydroxylation is 2. The monoisotopic (exact) mass is 423 g/mol. The summed E-state index contributed by atoms with van der Waals surface area (Å²) in [5, 5.41) is 4.79. The van der Waals surface area contributed by atoms with Crippen LogP contribution in [0.25, 0.3) is 10.9 Å². The predicted octanol–water partition coefficient (Wildman–Crippen LogP) is 4.46. The van der Waals surface area contributed by atoms with Crippen LogP contribution in [-0.2, 0) is 19.5 Å². The minimum atomic E-state index is -0.0537. The van der Waals surface area contributed by atoms with E-state index in [0.29, 0.717) is 17.4 Å². The second-order valence-electron chi connectivity index (χ2n) is 8.72. The van der Waals surface area contributed by atoms with Crippen molar-refractivity contribution in [3.05, 3.63) is 56.2 Å². The van der Waals surface area contributed by atoms with E-state index in [2.05, 4.69) is 56.1 Å². The van der Waals surface area contributed by atoms with Gasteiger partial charge in [0.25, 0.3) is 5.56 Å². The second-order valence-corrected chi connectivity index (χ2v) is 9.11. The molecule has 0 spiro atoms. The Kier molecular flexibility index (Phi) is 5.25. The Bertz CT molecular complexity index is 1180. The lowest BCUT2D eigenvalue weighted by molar-refractivity contribution is 0.152. The van der Waals surface area contributed by atoms with E-state index in [1.807, 2.05) is 0 Å². The first-order chi connectivity index (χ1) is 14.6. The SMILES string of the molecule is Cc1ccc2[nH]cc(CCn3c4c(c(=O)[nH]c3=S)CN(C3CCCCC3)CN4)c2c1. The highest BCUT2D eigenvalue weighted by molar-refractivity contribution is 7.71. The van der Waals surface area contributed by atoms with Gasteiger partial charge in [0.05, 0.1) is 12.2 Å². The van der Waals surface area contributed by atoms with Gasteiger partial charge in [-0.05, 0) is 56.1 Å². The molecule has 158 valence electrons. The summed E-state index contributed by atoms with van der Waals surface area (Å²) < 4.78 is 2.56. The molecule has 0 atom stereocenters. The van der Waals surface area contributed by atoms with E-state index in [0.717, 1.165) is 36.5 Å². The van der Waals surface area contributed by atoms with Crippen molar-refractivity contribution in [3.8, 4) is 0 Å². The number of hydrogen-bond donors (Lipinski definition) is 3. The maximum Gasteiger partial charge on any atom is 0.258 e. The standard InChI is InChI=1S/C23H29N5OS/c1-15-7-8-20-18(11-15)16(12-24-20)9-10-28-21-19(22(29)26-23(28)30)13-27(14-25-21)17-5-3-2-4-6-17/h7-8,11-12,17,24-25H,2-6,9-10,13-14H2,1H3,(H,26,29,30). The van der Waals surface area contributed by atoms with Crippen LogP contribution in [0, 0.1) is 11.7 Å². The first-order valence-corrected chi connectivity index (χ1v) is 11.4. The van der Waals surface area contributed by atoms with E-state index < -0.39 is 0 Å². The Hall–Kier alpha value is -2.38. The van der Waals surface area contributed by atoms with E-state index in [1.54, 1.807) is 0 Å². The molecular weight excluding hydrogens is 394 g/mol. The van der Waals surface area contributed by atoms with Gasteiger partial charge in [0.1, 0.15) is 5.82 Å². The van der Waals surface area contributed by atoms with Crippen molar-refractivity contribution in [1.82, 2.24) is 19.4 Å². The molecule has 3 heterocycles. The van der Waals surface area contributed by atoms with Crippen LogP contribution in [0.1, 0.15) is 48.8 Å². The van der Waals surface area contributed by atoms with Crippen LogP contribution in [0.15, 0.2) is 29.2 Å². The van der Waals surface area contributed by atoms with Crippen molar-refractivity contribution in [3.63, 3.8) is 0 Å². The summed E-state index contributed by atoms with van der Waals surface area (Å²) in [6, 6.07) is 7.05. The van der Waals surface area contributed by atoms with Gasteiger partial charge < -0.3 is 14.9 Å². The number of aromatic nitrogens is 3. The van der Waals surface area contributed by atoms with Gasteiger partial charge in [0, 0.05) is 36.2 Å². The molecule has 1 aliphatic carbocycles. The number of aromatic amines is 2. The highest BCUT2D eigenvalue weighted by Gasteiger charge is 2.27. The molecule has 3 aromatic rings. The van der Waals surface area contributed by atoms with Crippen LogP contribution >= 0.6 is 12.2 Å². The summed E-state index contributed by atoms with van der Waals surface area (Å²) in [6.07, 6.45) is 9.32. The Balaban J connectivity index is 1.41. The lowest BCUT2D eigenvalue weighted by Gasteiger charge is -2.38. The molecule has 1 saturated carbocycles. The molecule has 30 heavy (non-hydrogen) atoms. The van der Waals surface area contributed by atoms with Crippen LogP contribution in [-0.4, -0.2) is 32.1 Å². The fourth-order valence-electron chi connectivity index (χ4n) is 5.05. The smallest absolute Gasteiger partial charge is 0.258 e. The molecule has 6 nitrogen and oxygen atoms in total. The lowest BCUT2D eigenvalue weighted by Crippen LogP contribution is -2.45. The molecule has 5 rings (SSSR count). The van der Waals surface area contributed by atoms with Crippen molar-refractivity contribution in [2.45, 2.75) is 64.6 Å². The summed E-state index contributed by atoms with van der Waals surface area (Å²) in [4.78, 5) is 21.4. The summed E-state index contributed by atoms with van der Waals surface area (Å²) in [5.41, 5.74) is 4.45. The average molecular weight is 424 g/mol. The number of benzene rings is 1. The molecule has 3 N–H and O–H groups in total. The lowest BCUT2D eigenvalue weighted by atomic mass is 9.94. The summed E-state index contributed by atoms with van der Waals surface area (Å²) in [6.45, 7) is 4.33. The number of rotatable bonds is 4. The summed E-state index contributed by atoms with van der Waals surface area (Å²) in [7, 11) is 0. The fraction of sp³-hybridized carbons (Fsp3) is 0.478. The highest BCUT2D eigenvalue weighted by atomic mass is 32.1. The molecular formula is C23H29N5OS. The normalized spacial score (nSPS) is 17.8. The van der Waals surface area contributed by atoms with E-state index in [-0.39, 0.29) is 5.56 Å². The van der Waals surface area contributed by atoms with Crippen molar-refractivity contribution < 1.29 is 0 Å². The third-order valence-electron chi connectivity index (χ3n) is 6.73. The fourth-order valence-corrected chi connectivity index (χ4v) is 5.32. The predicted molar refractivity (Wildman–Crippen MR) is 124 cm³/mol. The highest BCUT2D eigenvalue weighted by Crippen LogP contribution is 2.28. The molecule has 0 radical (unpaired) electrons. The van der Waals surface area contributed by atoms with E-state index >= 15 is 0 Å². The number of nitrogens with zero attached hydrogens (tertiary/aromatic N) is 2. The zero-order valence-electron chi connectivity index (χ0n) is 17.5. The number of H-pyrrole nitrogens is 2. The van der Waals surface area contributed by atoms with Gasteiger partial charge in [-0.1, -0.05) is 30.9 Å². The largest absolute Gasteiger partial charge is 0.361 e. The van der Waals surface area contributed by atoms with Crippen LogP contribution in [0.3, 0.4) is 0 Å². The van der Waals surface area contributed by atoms with Gasteiger partial charge in [-0.25, -0.2) is 0 Å². The Morgan fingerprint density at radius 3 is 2.87 bits per heavy atom. The minimum absolute atomic E-state index is 0.0537. The Morgan fingerprint density at radius 1 is 1.20 bits per heavy atom. The second kappa shape index (κ2) is 8.04. The van der Waals surface area contributed by atoms with Crippen molar-refractivity contribution in [2.75, 3.05) is 12.0 Å². The van der Waals surface area contributed by atoms with Crippen molar-refractivity contribution in [1.29, 1.82) is 0 Å². The number of nitrogens with one attached hydrogen (secondary N) is 3. The molecule has 0 bridgehead atoms. The molecule has 2 aliphatic rings. The first kappa shape index (κ1) is 19.6. The van der Waals surface area contributed by atoms with E-state index in [9.17, 15) is 4.79 Å². The average Bonchev–Trinajstić information content (AvgIpc) is 3.16. The van der Waals surface area contributed by atoms with Gasteiger partial charge in [0.15, 0.2) is 4.77 Å². The molecule has 1 aromatic carbocycles. The van der Waals surface area contributed by atoms with Crippen molar-refractivity contribution in [2.24, 2.45) is 0 Å². The molecule has 7 heteroatoms. The van der Waals surface area contributed by atoms with Gasteiger partial charge in [-0.2, -0.15) is 0 Å². The van der Waals surface area contributed by atoms with E-state index in [4.69, 9.17) is 12.2 Å². The van der Waals surface area contributed by atoms with Gasteiger partial charge >= 0.3 is 0 Å². The zero-order valence-corrected chi connectivity index (χ0v) is 18.3. The minimum Gasteiger partial charge on any atom is -0.361 e. The summed E-state index contributed by atoms with van der Waals surface area (Å²) in [5.74, 6) is 0.895. The molecule has 2 aromatic heterocycles. The van der Waals surface area contributed by atoms with Crippen LogP contribution < -0.4 is 10.9 Å². The quantitative estimate of drug-likeness (QED) is 0.542. The maximum atomic E-state index is 12.7. The van der Waals surface area contributed by atoms with Gasteiger partial charge in [-0.15, -0.1) is 0 Å². The maximum absolute atomic E-state index is 12.7. The van der Waals surface area contributed by atoms with E-state index in [1.165, 1.54) is 48.6 Å². The van der Waals surface area contributed by atoms with Crippen LogP contribution in [0.2, 0.25) is 0 Å². The molecule has 0 unspecified atom stereocenters. The summed E-state index contributed by atoms with van der Waals surface area (Å²) >= 11 is 5.54. The Labute approximate surface area is 181 Å². The Morgan fingerprint density at radius 2 is 2.03 bits per heavy atom. The van der Waals surface area contributed by atoms with Crippen LogP contribution in [0.5, 0.6) is 0 Å². The molecule has 1 fully saturated rings. The molecule has 0 saturated heterocycles. The van der Waals surface area contributed by atoms with Crippen molar-refractivity contribution >= 4 is 28.9 Å². The molecule has 0 amide bonds. The number of fused-ring (bicyclic) bond motifs is 2. The van der Waals surface area contributed by atoms with Gasteiger partial charge in [0.2, 0.25) is 0 Å². The topological polar surface area (TPSA) is 68.8 Å². The third kappa shape index (κ3) is 3.61. The number of hydrogen-bond acceptors (Lipinski definition) is 4. The zero-order chi connectivity index (χ0) is 20.7. The number of anilines is 1.